The molecule has 0 radical (unpaired) electrons. The smallest absolute Gasteiger partial charge is 0.0921 e. The van der Waals surface area contributed by atoms with Crippen LogP contribution in [0, 0.1) is 0 Å². The van der Waals surface area contributed by atoms with Crippen molar-refractivity contribution < 1.29 is 10.2 Å². The van der Waals surface area contributed by atoms with Gasteiger partial charge in [0.15, 0.2) is 0 Å². The maximum Gasteiger partial charge on any atom is 0.0921 e. The van der Waals surface area contributed by atoms with E-state index in [2.05, 4.69) is 0 Å². The quantitative estimate of drug-likeness (QED) is 0.483. The van der Waals surface area contributed by atoms with Crippen LogP contribution in [0.2, 0.25) is 0 Å². The molecule has 0 saturated carbocycles. The van der Waals surface area contributed by atoms with E-state index in [-0.39, 0.29) is 12.6 Å². The molecule has 0 aliphatic carbocycles. The molecule has 9 heavy (non-hydrogen) atoms. The molecule has 0 aromatic carbocycles. The Morgan fingerprint density at radius 3 is 2.44 bits per heavy atom. The third kappa shape index (κ3) is 3.46. The van der Waals surface area contributed by atoms with E-state index in [1.165, 1.54) is 0 Å². The van der Waals surface area contributed by atoms with Crippen molar-refractivity contribution in [3.8, 4) is 0 Å². The monoisotopic (exact) mass is 133 g/mol. The summed E-state index contributed by atoms with van der Waals surface area (Å²) in [6.45, 7) is 1.76. The standard InChI is InChI=1S/C6H15NO2/c1-2-3-5(7)6(9)4-8/h5-6,8-9H,2-4,7H2,1H3. The van der Waals surface area contributed by atoms with Crippen molar-refractivity contribution in [3.05, 3.63) is 0 Å². The maximum atomic E-state index is 8.88. The molecule has 0 saturated heterocycles. The summed E-state index contributed by atoms with van der Waals surface area (Å²) >= 11 is 0. The zero-order valence-corrected chi connectivity index (χ0v) is 5.75. The van der Waals surface area contributed by atoms with Crippen LogP contribution in [-0.2, 0) is 0 Å². The number of hydrogen-bond acceptors (Lipinski definition) is 3. The molecule has 0 aliphatic rings. The van der Waals surface area contributed by atoms with Gasteiger partial charge in [0, 0.05) is 6.04 Å². The molecule has 3 nitrogen and oxygen atoms in total. The lowest BCUT2D eigenvalue weighted by Gasteiger charge is -2.14. The highest BCUT2D eigenvalue weighted by Gasteiger charge is 2.10. The fourth-order valence-electron chi connectivity index (χ4n) is 0.661. The highest BCUT2D eigenvalue weighted by molar-refractivity contribution is 4.69. The predicted molar refractivity (Wildman–Crippen MR) is 36.0 cm³/mol. The fourth-order valence-corrected chi connectivity index (χ4v) is 0.661. The van der Waals surface area contributed by atoms with E-state index < -0.39 is 6.10 Å². The molecule has 0 aromatic heterocycles. The van der Waals surface area contributed by atoms with Gasteiger partial charge in [0.05, 0.1) is 12.7 Å². The summed E-state index contributed by atoms with van der Waals surface area (Å²) in [5.74, 6) is 0. The van der Waals surface area contributed by atoms with Gasteiger partial charge in [0.2, 0.25) is 0 Å². The molecule has 56 valence electrons. The largest absolute Gasteiger partial charge is 0.394 e. The average molecular weight is 133 g/mol. The van der Waals surface area contributed by atoms with E-state index in [1.54, 1.807) is 0 Å². The Bertz CT molecular complexity index is 68.1. The average Bonchev–Trinajstić information content (AvgIpc) is 1.87. The van der Waals surface area contributed by atoms with Gasteiger partial charge in [0.25, 0.3) is 0 Å². The van der Waals surface area contributed by atoms with Crippen molar-refractivity contribution in [3.63, 3.8) is 0 Å². The van der Waals surface area contributed by atoms with Crippen LogP contribution < -0.4 is 5.73 Å². The van der Waals surface area contributed by atoms with E-state index in [0.717, 1.165) is 12.8 Å². The first-order valence-corrected chi connectivity index (χ1v) is 3.26. The first-order chi connectivity index (χ1) is 4.22. The van der Waals surface area contributed by atoms with Crippen molar-refractivity contribution in [1.29, 1.82) is 0 Å². The van der Waals surface area contributed by atoms with Gasteiger partial charge in [0.1, 0.15) is 0 Å². The van der Waals surface area contributed by atoms with Crippen LogP contribution in [0.1, 0.15) is 19.8 Å². The molecule has 4 N–H and O–H groups in total. The van der Waals surface area contributed by atoms with Gasteiger partial charge < -0.3 is 15.9 Å². The first kappa shape index (κ1) is 8.88. The molecule has 0 aromatic rings. The van der Waals surface area contributed by atoms with Crippen LogP contribution in [-0.4, -0.2) is 29.0 Å². The van der Waals surface area contributed by atoms with E-state index in [9.17, 15) is 0 Å². The van der Waals surface area contributed by atoms with E-state index in [1.807, 2.05) is 6.92 Å². The molecule has 0 spiro atoms. The van der Waals surface area contributed by atoms with Gasteiger partial charge in [-0.2, -0.15) is 0 Å². The zero-order valence-electron chi connectivity index (χ0n) is 5.75. The van der Waals surface area contributed by atoms with Crippen LogP contribution in [0.25, 0.3) is 0 Å². The Labute approximate surface area is 55.5 Å². The third-order valence-electron chi connectivity index (χ3n) is 1.30. The van der Waals surface area contributed by atoms with Gasteiger partial charge in [-0.05, 0) is 6.42 Å². The zero-order chi connectivity index (χ0) is 7.28. The normalized spacial score (nSPS) is 17.3. The Hall–Kier alpha value is -0.120. The van der Waals surface area contributed by atoms with Gasteiger partial charge >= 0.3 is 0 Å². The lowest BCUT2D eigenvalue weighted by molar-refractivity contribution is 0.0716. The van der Waals surface area contributed by atoms with Crippen molar-refractivity contribution in [2.24, 2.45) is 5.73 Å². The van der Waals surface area contributed by atoms with E-state index in [0.29, 0.717) is 0 Å². The Balaban J connectivity index is 3.32. The Kier molecular flexibility index (Phi) is 4.67. The van der Waals surface area contributed by atoms with Crippen molar-refractivity contribution in [2.75, 3.05) is 6.61 Å². The molecule has 0 rings (SSSR count). The summed E-state index contributed by atoms with van der Waals surface area (Å²) in [6.07, 6.45) is 0.963. The topological polar surface area (TPSA) is 66.5 Å². The maximum absolute atomic E-state index is 8.88. The molecule has 2 unspecified atom stereocenters. The summed E-state index contributed by atoms with van der Waals surface area (Å²) in [7, 11) is 0. The highest BCUT2D eigenvalue weighted by atomic mass is 16.3. The fraction of sp³-hybridized carbons (Fsp3) is 1.00. The van der Waals surface area contributed by atoms with Gasteiger partial charge in [-0.25, -0.2) is 0 Å². The second kappa shape index (κ2) is 4.73. The number of nitrogens with two attached hydrogens (primary N) is 1. The molecule has 2 atom stereocenters. The lowest BCUT2D eigenvalue weighted by atomic mass is 10.1. The van der Waals surface area contributed by atoms with E-state index >= 15 is 0 Å². The minimum atomic E-state index is -0.745. The van der Waals surface area contributed by atoms with Gasteiger partial charge in [-0.3, -0.25) is 0 Å². The van der Waals surface area contributed by atoms with Crippen LogP contribution in [0.15, 0.2) is 0 Å². The summed E-state index contributed by atoms with van der Waals surface area (Å²) in [4.78, 5) is 0. The van der Waals surface area contributed by atoms with Crippen LogP contribution >= 0.6 is 0 Å². The Morgan fingerprint density at radius 2 is 2.11 bits per heavy atom. The Morgan fingerprint density at radius 1 is 1.56 bits per heavy atom. The van der Waals surface area contributed by atoms with E-state index in [4.69, 9.17) is 15.9 Å². The van der Waals surface area contributed by atoms with Gasteiger partial charge in [-0.1, -0.05) is 13.3 Å². The highest BCUT2D eigenvalue weighted by Crippen LogP contribution is 1.97. The lowest BCUT2D eigenvalue weighted by Crippen LogP contribution is -2.36. The molecule has 3 heteroatoms. The van der Waals surface area contributed by atoms with Crippen molar-refractivity contribution in [1.82, 2.24) is 0 Å². The van der Waals surface area contributed by atoms with Crippen molar-refractivity contribution in [2.45, 2.75) is 31.9 Å². The second-order valence-corrected chi connectivity index (χ2v) is 2.20. The molecule has 0 aliphatic heterocycles. The minimum Gasteiger partial charge on any atom is -0.394 e. The molecule has 0 heterocycles. The van der Waals surface area contributed by atoms with Crippen LogP contribution in [0.3, 0.4) is 0 Å². The number of aliphatic hydroxyl groups excluding tert-OH is 2. The molecular formula is C6H15NO2. The van der Waals surface area contributed by atoms with Crippen molar-refractivity contribution >= 4 is 0 Å². The summed E-state index contributed by atoms with van der Waals surface area (Å²) in [6, 6.07) is -0.264. The first-order valence-electron chi connectivity index (χ1n) is 3.26. The van der Waals surface area contributed by atoms with Crippen LogP contribution in [0.5, 0.6) is 0 Å². The predicted octanol–water partition coefficient (Wildman–Crippen LogP) is -0.533. The number of rotatable bonds is 4. The number of hydrogen-bond donors (Lipinski definition) is 3. The summed E-state index contributed by atoms with van der Waals surface area (Å²) in [5.41, 5.74) is 5.43. The third-order valence-corrected chi connectivity index (χ3v) is 1.30. The molecule has 0 bridgehead atoms. The number of aliphatic hydroxyl groups is 2. The SMILES string of the molecule is CCCC(N)C(O)CO. The molecule has 0 amide bonds. The molecule has 0 fully saturated rings. The summed E-state index contributed by atoms with van der Waals surface area (Å²) < 4.78 is 0. The molecular weight excluding hydrogens is 118 g/mol. The van der Waals surface area contributed by atoms with Crippen LogP contribution in [0.4, 0.5) is 0 Å². The second-order valence-electron chi connectivity index (χ2n) is 2.20. The summed E-state index contributed by atoms with van der Waals surface area (Å²) in [5, 5.41) is 17.3. The minimum absolute atomic E-state index is 0.235. The van der Waals surface area contributed by atoms with Gasteiger partial charge in [-0.15, -0.1) is 0 Å².